The smallest absolute Gasteiger partial charge is 0.297 e. The number of nitro benzene ring substituents is 1. The quantitative estimate of drug-likeness (QED) is 0.530. The molecule has 0 aliphatic heterocycles. The molecule has 2 rings (SSSR count). The Kier molecular flexibility index (Phi) is 4.01. The van der Waals surface area contributed by atoms with E-state index in [2.05, 4.69) is 15.9 Å². The van der Waals surface area contributed by atoms with Gasteiger partial charge in [-0.3, -0.25) is 10.1 Å². The van der Waals surface area contributed by atoms with Crippen molar-refractivity contribution in [3.63, 3.8) is 0 Å². The number of anilines is 1. The van der Waals surface area contributed by atoms with Crippen LogP contribution >= 0.6 is 15.9 Å². The van der Waals surface area contributed by atoms with Crippen LogP contribution in [0.4, 0.5) is 11.4 Å². The Hall–Kier alpha value is -2.08. The number of nitrogens with zero attached hydrogens (tertiary/aromatic N) is 1. The van der Waals surface area contributed by atoms with Gasteiger partial charge in [0.25, 0.3) is 5.69 Å². The minimum absolute atomic E-state index is 0.0316. The second kappa shape index (κ2) is 5.71. The van der Waals surface area contributed by atoms with E-state index in [0.717, 1.165) is 5.56 Å². The molecular weight excluding hydrogens is 312 g/mol. The first-order valence-corrected chi connectivity index (χ1v) is 6.27. The summed E-state index contributed by atoms with van der Waals surface area (Å²) in [6, 6.07) is 12.5. The van der Waals surface area contributed by atoms with Crippen LogP contribution in [-0.2, 0) is 6.61 Å². The molecule has 0 bridgehead atoms. The van der Waals surface area contributed by atoms with Crippen LogP contribution in [0.15, 0.2) is 46.9 Å². The molecule has 0 unspecified atom stereocenters. The molecule has 2 N–H and O–H groups in total. The van der Waals surface area contributed by atoms with Gasteiger partial charge in [-0.1, -0.05) is 46.3 Å². The minimum atomic E-state index is -0.532. The van der Waals surface area contributed by atoms with Crippen molar-refractivity contribution < 1.29 is 9.66 Å². The first-order chi connectivity index (χ1) is 9.08. The molecule has 0 heterocycles. The zero-order chi connectivity index (χ0) is 13.8. The van der Waals surface area contributed by atoms with Crippen LogP contribution in [0.5, 0.6) is 5.75 Å². The lowest BCUT2D eigenvalue weighted by Crippen LogP contribution is -2.02. The van der Waals surface area contributed by atoms with E-state index < -0.39 is 4.92 Å². The van der Waals surface area contributed by atoms with Gasteiger partial charge >= 0.3 is 0 Å². The predicted octanol–water partition coefficient (Wildman–Crippen LogP) is 3.52. The van der Waals surface area contributed by atoms with Gasteiger partial charge in [-0.2, -0.15) is 0 Å². The molecule has 6 heteroatoms. The van der Waals surface area contributed by atoms with E-state index in [1.807, 2.05) is 30.3 Å². The molecule has 5 nitrogen and oxygen atoms in total. The molecule has 0 amide bonds. The number of halogens is 1. The van der Waals surface area contributed by atoms with E-state index in [0.29, 0.717) is 16.8 Å². The van der Waals surface area contributed by atoms with Crippen LogP contribution < -0.4 is 10.5 Å². The highest BCUT2D eigenvalue weighted by Crippen LogP contribution is 2.35. The van der Waals surface area contributed by atoms with E-state index in [-0.39, 0.29) is 11.4 Å². The zero-order valence-electron chi connectivity index (χ0n) is 9.88. The molecule has 0 atom stereocenters. The third-order valence-electron chi connectivity index (χ3n) is 2.52. The third kappa shape index (κ3) is 3.23. The number of benzene rings is 2. The Morgan fingerprint density at radius 3 is 2.58 bits per heavy atom. The summed E-state index contributed by atoms with van der Waals surface area (Å²) in [5.41, 5.74) is 6.55. The van der Waals surface area contributed by atoms with Crippen LogP contribution in [-0.4, -0.2) is 4.92 Å². The van der Waals surface area contributed by atoms with Gasteiger partial charge in [-0.25, -0.2) is 0 Å². The van der Waals surface area contributed by atoms with Crippen molar-refractivity contribution in [2.24, 2.45) is 0 Å². The van der Waals surface area contributed by atoms with Crippen LogP contribution in [0.3, 0.4) is 0 Å². The maximum Gasteiger partial charge on any atom is 0.297 e. The molecule has 0 aliphatic rings. The van der Waals surface area contributed by atoms with Crippen LogP contribution in [0.25, 0.3) is 0 Å². The highest BCUT2D eigenvalue weighted by Gasteiger charge is 2.17. The third-order valence-corrected chi connectivity index (χ3v) is 2.98. The summed E-state index contributed by atoms with van der Waals surface area (Å²) >= 11 is 3.20. The lowest BCUT2D eigenvalue weighted by molar-refractivity contribution is -0.384. The highest BCUT2D eigenvalue weighted by atomic mass is 79.9. The Morgan fingerprint density at radius 2 is 1.95 bits per heavy atom. The fourth-order valence-electron chi connectivity index (χ4n) is 1.59. The molecule has 0 saturated heterocycles. The van der Waals surface area contributed by atoms with Crippen molar-refractivity contribution >= 4 is 27.3 Å². The maximum absolute atomic E-state index is 10.8. The van der Waals surface area contributed by atoms with E-state index in [9.17, 15) is 10.1 Å². The summed E-state index contributed by atoms with van der Waals surface area (Å²) in [5.74, 6) is 0.296. The average molecular weight is 323 g/mol. The zero-order valence-corrected chi connectivity index (χ0v) is 11.5. The molecule has 0 aromatic heterocycles. The first-order valence-electron chi connectivity index (χ1n) is 5.48. The lowest BCUT2D eigenvalue weighted by atomic mass is 10.2. The Bertz CT molecular complexity index is 602. The normalized spacial score (nSPS) is 10.2. The fourth-order valence-corrected chi connectivity index (χ4v) is 2.01. The average Bonchev–Trinajstić information content (AvgIpc) is 2.40. The van der Waals surface area contributed by atoms with E-state index in [1.54, 1.807) is 6.07 Å². The Balaban J connectivity index is 2.23. The molecule has 0 radical (unpaired) electrons. The highest BCUT2D eigenvalue weighted by molar-refractivity contribution is 9.10. The van der Waals surface area contributed by atoms with E-state index in [1.165, 1.54) is 6.07 Å². The maximum atomic E-state index is 10.8. The monoisotopic (exact) mass is 322 g/mol. The lowest BCUT2D eigenvalue weighted by Gasteiger charge is -2.09. The summed E-state index contributed by atoms with van der Waals surface area (Å²) in [6.45, 7) is 0.304. The van der Waals surface area contributed by atoms with Crippen LogP contribution in [0.2, 0.25) is 0 Å². The molecule has 2 aromatic carbocycles. The fraction of sp³-hybridized carbons (Fsp3) is 0.0769. The summed E-state index contributed by atoms with van der Waals surface area (Å²) in [4.78, 5) is 10.3. The number of nitro groups is 1. The Labute approximate surface area is 118 Å². The number of hydrogen-bond donors (Lipinski definition) is 1. The summed E-state index contributed by atoms with van der Waals surface area (Å²) in [6.07, 6.45) is 0. The van der Waals surface area contributed by atoms with Gasteiger partial charge in [0.2, 0.25) is 0 Å². The van der Waals surface area contributed by atoms with Crippen molar-refractivity contribution in [1.82, 2.24) is 0 Å². The van der Waals surface area contributed by atoms with Crippen LogP contribution in [0.1, 0.15) is 5.56 Å². The van der Waals surface area contributed by atoms with Gasteiger partial charge in [0, 0.05) is 10.5 Å². The van der Waals surface area contributed by atoms with Crippen molar-refractivity contribution in [2.75, 3.05) is 5.73 Å². The van der Waals surface area contributed by atoms with Crippen molar-refractivity contribution in [3.8, 4) is 5.75 Å². The molecule has 0 aliphatic carbocycles. The second-order valence-corrected chi connectivity index (χ2v) is 4.78. The van der Waals surface area contributed by atoms with E-state index in [4.69, 9.17) is 10.5 Å². The number of nitrogens with two attached hydrogens (primary N) is 1. The second-order valence-electron chi connectivity index (χ2n) is 3.87. The van der Waals surface area contributed by atoms with E-state index >= 15 is 0 Å². The topological polar surface area (TPSA) is 78.4 Å². The van der Waals surface area contributed by atoms with Gasteiger partial charge in [-0.05, 0) is 11.6 Å². The van der Waals surface area contributed by atoms with Crippen molar-refractivity contribution in [2.45, 2.75) is 6.61 Å². The minimum Gasteiger partial charge on any atom is -0.486 e. The SMILES string of the molecule is Nc1c(OCc2ccccc2)cc(Br)cc1[N+](=O)[O-]. The van der Waals surface area contributed by atoms with Gasteiger partial charge in [0.05, 0.1) is 4.92 Å². The molecule has 98 valence electrons. The summed E-state index contributed by atoms with van der Waals surface area (Å²) in [7, 11) is 0. The molecule has 0 spiro atoms. The summed E-state index contributed by atoms with van der Waals surface area (Å²) < 4.78 is 6.09. The molecule has 0 fully saturated rings. The molecule has 2 aromatic rings. The summed E-state index contributed by atoms with van der Waals surface area (Å²) in [5, 5.41) is 10.8. The molecular formula is C13H11BrN2O3. The number of nitrogen functional groups attached to an aromatic ring is 1. The molecule has 0 saturated carbocycles. The predicted molar refractivity (Wildman–Crippen MR) is 76.0 cm³/mol. The molecule has 19 heavy (non-hydrogen) atoms. The van der Waals surface area contributed by atoms with Crippen LogP contribution in [0, 0.1) is 10.1 Å². The number of rotatable bonds is 4. The van der Waals surface area contributed by atoms with Crippen molar-refractivity contribution in [1.29, 1.82) is 0 Å². The largest absolute Gasteiger partial charge is 0.486 e. The first kappa shape index (κ1) is 13.4. The standard InChI is InChI=1S/C13H11BrN2O3/c14-10-6-11(16(17)18)13(15)12(7-10)19-8-9-4-2-1-3-5-9/h1-7H,8,15H2. The van der Waals surface area contributed by atoms with Crippen molar-refractivity contribution in [3.05, 3.63) is 62.6 Å². The van der Waals surface area contributed by atoms with Gasteiger partial charge < -0.3 is 10.5 Å². The van der Waals surface area contributed by atoms with Gasteiger partial charge in [0.1, 0.15) is 6.61 Å². The van der Waals surface area contributed by atoms with Gasteiger partial charge in [0.15, 0.2) is 11.4 Å². The number of ether oxygens (including phenoxy) is 1. The number of hydrogen-bond acceptors (Lipinski definition) is 4. The van der Waals surface area contributed by atoms with Gasteiger partial charge in [-0.15, -0.1) is 0 Å². The Morgan fingerprint density at radius 1 is 1.26 bits per heavy atom.